The molecule has 1 N–H and O–H groups in total. The first kappa shape index (κ1) is 20.9. The molecule has 0 heterocycles. The third-order valence-corrected chi connectivity index (χ3v) is 3.94. The van der Waals surface area contributed by atoms with Gasteiger partial charge in [-0.3, -0.25) is 4.79 Å². The van der Waals surface area contributed by atoms with Crippen molar-refractivity contribution < 1.29 is 13.2 Å². The Hall–Kier alpha value is -2.14. The molecule has 23 heavy (non-hydrogen) atoms. The Balaban J connectivity index is 0.00000112. The van der Waals surface area contributed by atoms with Crippen molar-refractivity contribution in [3.63, 3.8) is 0 Å². The van der Waals surface area contributed by atoms with E-state index in [1.54, 1.807) is 42.5 Å². The third-order valence-electron chi connectivity index (χ3n) is 2.59. The molecule has 126 valence electrons. The molecule has 4 nitrogen and oxygen atoms in total. The summed E-state index contributed by atoms with van der Waals surface area (Å²) in [6.45, 7) is 9.86. The predicted molar refractivity (Wildman–Crippen MR) is 95.0 cm³/mol. The molecule has 0 aliphatic carbocycles. The van der Waals surface area contributed by atoms with Gasteiger partial charge in [0, 0.05) is 5.56 Å². The Morgan fingerprint density at radius 3 is 1.78 bits per heavy atom. The van der Waals surface area contributed by atoms with E-state index in [1.807, 2.05) is 39.3 Å². The van der Waals surface area contributed by atoms with E-state index in [-0.39, 0.29) is 4.90 Å². The van der Waals surface area contributed by atoms with Crippen LogP contribution in [0.25, 0.3) is 0 Å². The van der Waals surface area contributed by atoms with Gasteiger partial charge in [0.1, 0.15) is 0 Å². The van der Waals surface area contributed by atoms with Crippen LogP contribution in [-0.4, -0.2) is 14.3 Å². The number of sulfonamides is 1. The minimum absolute atomic E-state index is 0.0716. The van der Waals surface area contributed by atoms with E-state index in [4.69, 9.17) is 0 Å². The summed E-state index contributed by atoms with van der Waals surface area (Å²) in [6, 6.07) is 14.5. The van der Waals surface area contributed by atoms with Crippen molar-refractivity contribution >= 4 is 15.9 Å². The molecule has 2 aromatic carbocycles. The van der Waals surface area contributed by atoms with Crippen molar-refractivity contribution in [1.29, 1.82) is 0 Å². The van der Waals surface area contributed by atoms with Gasteiger partial charge in [-0.1, -0.05) is 63.6 Å². The lowest BCUT2D eigenvalue weighted by Gasteiger charge is -2.07. The van der Waals surface area contributed by atoms with E-state index in [9.17, 15) is 13.2 Å². The minimum Gasteiger partial charge on any atom is -0.268 e. The number of nitrogens with one attached hydrogen (secondary N) is 1. The summed E-state index contributed by atoms with van der Waals surface area (Å²) >= 11 is 0. The normalized spacial score (nSPS) is 9.61. The highest BCUT2D eigenvalue weighted by Crippen LogP contribution is 2.10. The highest BCUT2D eigenvalue weighted by Gasteiger charge is 2.18. The Bertz CT molecular complexity index is 678. The molecular weight excluding hydrogens is 310 g/mol. The lowest BCUT2D eigenvalue weighted by Crippen LogP contribution is -2.30. The Morgan fingerprint density at radius 2 is 1.30 bits per heavy atom. The van der Waals surface area contributed by atoms with Gasteiger partial charge in [-0.2, -0.15) is 0 Å². The zero-order valence-electron chi connectivity index (χ0n) is 14.3. The molecule has 0 radical (unpaired) electrons. The number of carbonyl (C=O) groups excluding carboxylic acids is 1. The van der Waals surface area contributed by atoms with Crippen molar-refractivity contribution in [2.24, 2.45) is 0 Å². The van der Waals surface area contributed by atoms with Crippen LogP contribution in [0.1, 0.15) is 43.6 Å². The van der Waals surface area contributed by atoms with Gasteiger partial charge in [-0.25, -0.2) is 13.1 Å². The Labute approximate surface area is 139 Å². The molecule has 2 aromatic rings. The van der Waals surface area contributed by atoms with Crippen LogP contribution in [-0.2, 0) is 10.0 Å². The third kappa shape index (κ3) is 6.65. The topological polar surface area (TPSA) is 63.2 Å². The number of carbonyl (C=O) groups is 1. The van der Waals surface area contributed by atoms with Gasteiger partial charge in [0.2, 0.25) is 0 Å². The first-order valence-corrected chi connectivity index (χ1v) is 9.16. The van der Waals surface area contributed by atoms with Crippen LogP contribution in [0.2, 0.25) is 0 Å². The molecule has 0 spiro atoms. The number of hydrogen-bond acceptors (Lipinski definition) is 3. The molecule has 0 saturated heterocycles. The number of benzene rings is 2. The molecule has 0 aliphatic rings. The maximum Gasteiger partial charge on any atom is 0.264 e. The fraction of sp³-hybridized carbons (Fsp3) is 0.278. The molecule has 0 atom stereocenters. The van der Waals surface area contributed by atoms with E-state index in [1.165, 1.54) is 12.1 Å². The first-order chi connectivity index (χ1) is 11.0. The second-order valence-corrected chi connectivity index (χ2v) is 5.80. The van der Waals surface area contributed by atoms with Gasteiger partial charge in [0.25, 0.3) is 15.9 Å². The summed E-state index contributed by atoms with van der Waals surface area (Å²) in [7, 11) is -3.82. The van der Waals surface area contributed by atoms with Crippen LogP contribution in [0.4, 0.5) is 0 Å². The predicted octanol–water partition coefficient (Wildman–Crippen LogP) is 4.17. The standard InChI is InChI=1S/C14H13NO3S.2C2H6/c1-11-7-9-13(10-8-11)19(17,18)15-14(16)12-5-3-2-4-6-12;2*1-2/h2-10H,1H3,(H,15,16);2*1-2H3. The van der Waals surface area contributed by atoms with E-state index in [0.717, 1.165) is 5.56 Å². The maximum absolute atomic E-state index is 12.0. The molecule has 0 aromatic heterocycles. The van der Waals surface area contributed by atoms with E-state index in [0.29, 0.717) is 5.56 Å². The van der Waals surface area contributed by atoms with Crippen LogP contribution < -0.4 is 4.72 Å². The van der Waals surface area contributed by atoms with Crippen LogP contribution in [0, 0.1) is 6.92 Å². The van der Waals surface area contributed by atoms with Crippen LogP contribution >= 0.6 is 0 Å². The maximum atomic E-state index is 12.0. The van der Waals surface area contributed by atoms with Crippen LogP contribution in [0.5, 0.6) is 0 Å². The molecule has 5 heteroatoms. The van der Waals surface area contributed by atoms with Crippen molar-refractivity contribution in [2.75, 3.05) is 0 Å². The van der Waals surface area contributed by atoms with Crippen LogP contribution in [0.15, 0.2) is 59.5 Å². The number of rotatable bonds is 3. The minimum atomic E-state index is -3.82. The second-order valence-electron chi connectivity index (χ2n) is 4.11. The largest absolute Gasteiger partial charge is 0.268 e. The summed E-state index contributed by atoms with van der Waals surface area (Å²) in [5, 5.41) is 0. The smallest absolute Gasteiger partial charge is 0.264 e. The fourth-order valence-corrected chi connectivity index (χ4v) is 2.52. The summed E-state index contributed by atoms with van der Waals surface area (Å²) < 4.78 is 26.0. The van der Waals surface area contributed by atoms with Gasteiger partial charge in [0.15, 0.2) is 0 Å². The van der Waals surface area contributed by atoms with E-state index >= 15 is 0 Å². The molecule has 0 bridgehead atoms. The van der Waals surface area contributed by atoms with Gasteiger partial charge < -0.3 is 0 Å². The molecule has 0 aliphatic heterocycles. The Morgan fingerprint density at radius 1 is 0.826 bits per heavy atom. The Kier molecular flexibility index (Phi) is 9.58. The number of aryl methyl sites for hydroxylation is 1. The number of amides is 1. The molecule has 0 saturated carbocycles. The van der Waals surface area contributed by atoms with Crippen molar-refractivity contribution in [1.82, 2.24) is 4.72 Å². The summed E-state index contributed by atoms with van der Waals surface area (Å²) in [4.78, 5) is 11.9. The fourth-order valence-electron chi connectivity index (χ4n) is 1.55. The quantitative estimate of drug-likeness (QED) is 0.916. The molecule has 0 fully saturated rings. The first-order valence-electron chi connectivity index (χ1n) is 7.68. The molecular formula is C18H25NO3S. The van der Waals surface area contributed by atoms with Gasteiger partial charge in [0.05, 0.1) is 4.90 Å². The van der Waals surface area contributed by atoms with Gasteiger partial charge in [-0.05, 0) is 31.2 Å². The van der Waals surface area contributed by atoms with Crippen molar-refractivity contribution in [3.8, 4) is 0 Å². The van der Waals surface area contributed by atoms with E-state index < -0.39 is 15.9 Å². The molecule has 0 unspecified atom stereocenters. The second kappa shape index (κ2) is 10.6. The lowest BCUT2D eigenvalue weighted by atomic mass is 10.2. The highest BCUT2D eigenvalue weighted by molar-refractivity contribution is 7.90. The van der Waals surface area contributed by atoms with E-state index in [2.05, 4.69) is 0 Å². The average Bonchev–Trinajstić information content (AvgIpc) is 2.59. The molecule has 1 amide bonds. The van der Waals surface area contributed by atoms with Crippen molar-refractivity contribution in [3.05, 3.63) is 65.7 Å². The van der Waals surface area contributed by atoms with Gasteiger partial charge in [-0.15, -0.1) is 0 Å². The SMILES string of the molecule is CC.CC.Cc1ccc(S(=O)(=O)NC(=O)c2ccccc2)cc1. The van der Waals surface area contributed by atoms with Gasteiger partial charge >= 0.3 is 0 Å². The highest BCUT2D eigenvalue weighted by atomic mass is 32.2. The summed E-state index contributed by atoms with van der Waals surface area (Å²) in [6.07, 6.45) is 0. The zero-order chi connectivity index (χ0) is 17.9. The monoisotopic (exact) mass is 335 g/mol. The average molecular weight is 335 g/mol. The zero-order valence-corrected chi connectivity index (χ0v) is 15.1. The summed E-state index contributed by atoms with van der Waals surface area (Å²) in [5.74, 6) is -0.638. The summed E-state index contributed by atoms with van der Waals surface area (Å²) in [5.41, 5.74) is 1.26. The van der Waals surface area contributed by atoms with Crippen molar-refractivity contribution in [2.45, 2.75) is 39.5 Å². The number of hydrogen-bond donors (Lipinski definition) is 1. The lowest BCUT2D eigenvalue weighted by molar-refractivity contribution is 0.0981. The van der Waals surface area contributed by atoms with Crippen LogP contribution in [0.3, 0.4) is 0 Å². The molecule has 2 rings (SSSR count).